The number of ether oxygens (including phenoxy) is 2. The molecule has 0 aromatic heterocycles. The minimum atomic E-state index is -1.26. The highest BCUT2D eigenvalue weighted by Crippen LogP contribution is 2.23. The first-order chi connectivity index (χ1) is 11.2. The van der Waals surface area contributed by atoms with Crippen molar-refractivity contribution in [2.75, 3.05) is 25.6 Å². The standard InChI is InChI=1S/C18H20O4S/c1-2-21-12-13-22-17-7-3-15(4-8-17)16-5-9-18(10-6-16)23(20)14-11-19/h3-11H,2,12-14H2,1H3. The summed E-state index contributed by atoms with van der Waals surface area (Å²) in [6.45, 7) is 3.76. The lowest BCUT2D eigenvalue weighted by molar-refractivity contribution is -0.105. The molecule has 0 spiro atoms. The molecule has 0 amide bonds. The van der Waals surface area contributed by atoms with E-state index in [2.05, 4.69) is 0 Å². The Kier molecular flexibility index (Phi) is 6.97. The molecule has 0 saturated carbocycles. The summed E-state index contributed by atoms with van der Waals surface area (Å²) in [7, 11) is -1.26. The van der Waals surface area contributed by atoms with E-state index in [1.165, 1.54) is 0 Å². The number of carbonyl (C=O) groups excluding carboxylic acids is 1. The number of benzene rings is 2. The normalized spacial score (nSPS) is 11.9. The number of carbonyl (C=O) groups is 1. The lowest BCUT2D eigenvalue weighted by Crippen LogP contribution is -2.06. The molecule has 0 aliphatic carbocycles. The number of rotatable bonds is 9. The predicted octanol–water partition coefficient (Wildman–Crippen LogP) is 3.08. The second-order valence-electron chi connectivity index (χ2n) is 4.77. The van der Waals surface area contributed by atoms with Gasteiger partial charge in [0.1, 0.15) is 18.6 Å². The molecule has 1 unspecified atom stereocenters. The molecular weight excluding hydrogens is 312 g/mol. The molecule has 0 heterocycles. The number of hydrogen-bond acceptors (Lipinski definition) is 4. The molecule has 0 aliphatic rings. The van der Waals surface area contributed by atoms with Crippen molar-refractivity contribution in [2.45, 2.75) is 11.8 Å². The van der Waals surface area contributed by atoms with E-state index < -0.39 is 10.8 Å². The van der Waals surface area contributed by atoms with Crippen molar-refractivity contribution < 1.29 is 18.5 Å². The summed E-state index contributed by atoms with van der Waals surface area (Å²) in [5.74, 6) is 0.838. The topological polar surface area (TPSA) is 52.6 Å². The maximum atomic E-state index is 11.7. The van der Waals surface area contributed by atoms with Crippen LogP contribution in [0, 0.1) is 0 Å². The van der Waals surface area contributed by atoms with E-state index in [4.69, 9.17) is 9.47 Å². The Morgan fingerprint density at radius 1 is 0.957 bits per heavy atom. The van der Waals surface area contributed by atoms with Crippen LogP contribution in [0.3, 0.4) is 0 Å². The van der Waals surface area contributed by atoms with Gasteiger partial charge in [0, 0.05) is 11.5 Å². The molecule has 0 N–H and O–H groups in total. The van der Waals surface area contributed by atoms with Crippen molar-refractivity contribution >= 4 is 17.1 Å². The zero-order valence-electron chi connectivity index (χ0n) is 13.1. The minimum Gasteiger partial charge on any atom is -0.491 e. The molecule has 23 heavy (non-hydrogen) atoms. The fourth-order valence-corrected chi connectivity index (χ4v) is 2.82. The van der Waals surface area contributed by atoms with Gasteiger partial charge in [-0.15, -0.1) is 0 Å². The van der Waals surface area contributed by atoms with E-state index in [0.29, 0.717) is 31.0 Å². The summed E-state index contributed by atoms with van der Waals surface area (Å²) in [5.41, 5.74) is 2.08. The zero-order chi connectivity index (χ0) is 16.5. The Balaban J connectivity index is 1.99. The van der Waals surface area contributed by atoms with E-state index in [-0.39, 0.29) is 5.75 Å². The molecular formula is C18H20O4S. The summed E-state index contributed by atoms with van der Waals surface area (Å²) >= 11 is 0. The van der Waals surface area contributed by atoms with Gasteiger partial charge in [0.15, 0.2) is 0 Å². The third kappa shape index (κ3) is 5.30. The number of aldehydes is 1. The van der Waals surface area contributed by atoms with Crippen LogP contribution in [0.1, 0.15) is 6.92 Å². The van der Waals surface area contributed by atoms with Crippen LogP contribution in [-0.4, -0.2) is 36.1 Å². The van der Waals surface area contributed by atoms with Crippen molar-refractivity contribution in [3.8, 4) is 16.9 Å². The van der Waals surface area contributed by atoms with Crippen molar-refractivity contribution in [3.63, 3.8) is 0 Å². The van der Waals surface area contributed by atoms with Crippen LogP contribution in [0.5, 0.6) is 5.75 Å². The summed E-state index contributed by atoms with van der Waals surface area (Å²) < 4.78 is 22.5. The zero-order valence-corrected chi connectivity index (χ0v) is 13.9. The van der Waals surface area contributed by atoms with Crippen LogP contribution in [0.2, 0.25) is 0 Å². The molecule has 2 rings (SSSR count). The summed E-state index contributed by atoms with van der Waals surface area (Å²) in [6.07, 6.45) is 0.675. The molecule has 2 aromatic carbocycles. The number of hydrogen-bond donors (Lipinski definition) is 0. The first-order valence-electron chi connectivity index (χ1n) is 7.47. The predicted molar refractivity (Wildman–Crippen MR) is 91.2 cm³/mol. The van der Waals surface area contributed by atoms with Crippen molar-refractivity contribution in [1.82, 2.24) is 0 Å². The van der Waals surface area contributed by atoms with Gasteiger partial charge in [0.25, 0.3) is 0 Å². The lowest BCUT2D eigenvalue weighted by atomic mass is 10.1. The molecule has 0 aliphatic heterocycles. The Hall–Kier alpha value is -1.98. The Labute approximate surface area is 138 Å². The van der Waals surface area contributed by atoms with Crippen LogP contribution < -0.4 is 4.74 Å². The second kappa shape index (κ2) is 9.22. The Bertz CT molecular complexity index is 635. The molecule has 1 atom stereocenters. The van der Waals surface area contributed by atoms with E-state index in [0.717, 1.165) is 16.9 Å². The highest BCUT2D eigenvalue weighted by atomic mass is 32.2. The van der Waals surface area contributed by atoms with Gasteiger partial charge < -0.3 is 14.3 Å². The smallest absolute Gasteiger partial charge is 0.132 e. The average molecular weight is 332 g/mol. The Morgan fingerprint density at radius 3 is 2.13 bits per heavy atom. The monoisotopic (exact) mass is 332 g/mol. The van der Waals surface area contributed by atoms with Gasteiger partial charge in [-0.1, -0.05) is 24.3 Å². The van der Waals surface area contributed by atoms with Gasteiger partial charge >= 0.3 is 0 Å². The summed E-state index contributed by atoms with van der Waals surface area (Å²) in [4.78, 5) is 11.1. The van der Waals surface area contributed by atoms with E-state index in [1.54, 1.807) is 12.1 Å². The van der Waals surface area contributed by atoms with Crippen LogP contribution in [0.25, 0.3) is 11.1 Å². The summed E-state index contributed by atoms with van der Waals surface area (Å²) in [5, 5.41) is 0. The molecule has 0 radical (unpaired) electrons. The highest BCUT2D eigenvalue weighted by molar-refractivity contribution is 7.85. The van der Waals surface area contributed by atoms with Crippen molar-refractivity contribution in [1.29, 1.82) is 0 Å². The molecule has 0 bridgehead atoms. The quantitative estimate of drug-likeness (QED) is 0.523. The lowest BCUT2D eigenvalue weighted by Gasteiger charge is -2.08. The van der Waals surface area contributed by atoms with Gasteiger partial charge in [0.05, 0.1) is 23.2 Å². The van der Waals surface area contributed by atoms with Gasteiger partial charge in [-0.25, -0.2) is 0 Å². The van der Waals surface area contributed by atoms with Crippen molar-refractivity contribution in [2.24, 2.45) is 0 Å². The van der Waals surface area contributed by atoms with Gasteiger partial charge in [0.2, 0.25) is 0 Å². The minimum absolute atomic E-state index is 0.0348. The van der Waals surface area contributed by atoms with E-state index in [9.17, 15) is 9.00 Å². The third-order valence-electron chi connectivity index (χ3n) is 3.22. The first-order valence-corrected chi connectivity index (χ1v) is 8.79. The SMILES string of the molecule is CCOCCOc1ccc(-c2ccc(S(=O)CC=O)cc2)cc1. The van der Waals surface area contributed by atoms with Crippen molar-refractivity contribution in [3.05, 3.63) is 48.5 Å². The van der Waals surface area contributed by atoms with E-state index in [1.807, 2.05) is 43.3 Å². The maximum absolute atomic E-state index is 11.7. The largest absolute Gasteiger partial charge is 0.491 e. The molecule has 5 heteroatoms. The van der Waals surface area contributed by atoms with E-state index >= 15 is 0 Å². The molecule has 122 valence electrons. The fourth-order valence-electron chi connectivity index (χ4n) is 2.06. The molecule has 2 aromatic rings. The summed E-state index contributed by atoms with van der Waals surface area (Å²) in [6, 6.07) is 15.2. The molecule has 4 nitrogen and oxygen atoms in total. The molecule has 0 fully saturated rings. The van der Waals surface area contributed by atoms with Gasteiger partial charge in [-0.2, -0.15) is 0 Å². The fraction of sp³-hybridized carbons (Fsp3) is 0.278. The van der Waals surface area contributed by atoms with Gasteiger partial charge in [-0.3, -0.25) is 4.21 Å². The van der Waals surface area contributed by atoms with Crippen LogP contribution >= 0.6 is 0 Å². The average Bonchev–Trinajstić information content (AvgIpc) is 2.60. The maximum Gasteiger partial charge on any atom is 0.132 e. The second-order valence-corrected chi connectivity index (χ2v) is 6.27. The Morgan fingerprint density at radius 2 is 1.57 bits per heavy atom. The highest BCUT2D eigenvalue weighted by Gasteiger charge is 2.04. The van der Waals surface area contributed by atoms with Crippen LogP contribution in [0.4, 0.5) is 0 Å². The third-order valence-corrected chi connectivity index (χ3v) is 4.46. The van der Waals surface area contributed by atoms with Crippen LogP contribution in [0.15, 0.2) is 53.4 Å². The molecule has 0 saturated heterocycles. The first kappa shape index (κ1) is 17.4. The van der Waals surface area contributed by atoms with Crippen LogP contribution in [-0.2, 0) is 20.3 Å². The van der Waals surface area contributed by atoms with Gasteiger partial charge in [-0.05, 0) is 42.3 Å².